The van der Waals surface area contributed by atoms with Crippen LogP contribution in [0.3, 0.4) is 0 Å². The van der Waals surface area contributed by atoms with E-state index in [-0.39, 0.29) is 5.97 Å². The van der Waals surface area contributed by atoms with Gasteiger partial charge in [-0.1, -0.05) is 6.92 Å². The van der Waals surface area contributed by atoms with Crippen molar-refractivity contribution in [2.24, 2.45) is 5.92 Å². The van der Waals surface area contributed by atoms with Gasteiger partial charge in [0.15, 0.2) is 0 Å². The summed E-state index contributed by atoms with van der Waals surface area (Å²) in [5, 5.41) is 3.21. The number of halogens is 1. The van der Waals surface area contributed by atoms with Crippen LogP contribution in [0.25, 0.3) is 0 Å². The van der Waals surface area contributed by atoms with Gasteiger partial charge in [0.05, 0.1) is 6.61 Å². The second kappa shape index (κ2) is 9.28. The SMILES string of the molecule is CCOC(=O)CCC(C)CNCCCl. The maximum Gasteiger partial charge on any atom is 0.305 e. The highest BCUT2D eigenvalue weighted by Gasteiger charge is 2.06. The number of hydrogen-bond donors (Lipinski definition) is 1. The summed E-state index contributed by atoms with van der Waals surface area (Å²) >= 11 is 5.52. The van der Waals surface area contributed by atoms with Crippen LogP contribution in [0.15, 0.2) is 0 Å². The zero-order valence-corrected chi connectivity index (χ0v) is 9.77. The molecule has 1 unspecified atom stereocenters. The van der Waals surface area contributed by atoms with Crippen LogP contribution in [0.2, 0.25) is 0 Å². The Morgan fingerprint density at radius 1 is 1.57 bits per heavy atom. The number of carbonyl (C=O) groups is 1. The fraction of sp³-hybridized carbons (Fsp3) is 0.900. The van der Waals surface area contributed by atoms with Crippen molar-refractivity contribution in [3.63, 3.8) is 0 Å². The lowest BCUT2D eigenvalue weighted by Crippen LogP contribution is -2.23. The second-order valence-corrected chi connectivity index (χ2v) is 3.72. The molecule has 0 amide bonds. The molecule has 0 bridgehead atoms. The molecule has 4 heteroatoms. The van der Waals surface area contributed by atoms with Gasteiger partial charge >= 0.3 is 5.97 Å². The lowest BCUT2D eigenvalue weighted by molar-refractivity contribution is -0.143. The molecule has 0 aromatic carbocycles. The molecule has 0 saturated carbocycles. The summed E-state index contributed by atoms with van der Waals surface area (Å²) in [5.41, 5.74) is 0. The first-order valence-electron chi connectivity index (χ1n) is 5.13. The molecule has 0 aromatic rings. The van der Waals surface area contributed by atoms with E-state index in [0.717, 1.165) is 19.5 Å². The minimum atomic E-state index is -0.100. The molecule has 0 saturated heterocycles. The number of ether oxygens (including phenoxy) is 1. The van der Waals surface area contributed by atoms with Crippen molar-refractivity contribution in [2.75, 3.05) is 25.6 Å². The summed E-state index contributed by atoms with van der Waals surface area (Å²) < 4.78 is 4.84. The van der Waals surface area contributed by atoms with Gasteiger partial charge in [0, 0.05) is 18.8 Å². The van der Waals surface area contributed by atoms with Crippen LogP contribution in [-0.4, -0.2) is 31.5 Å². The lowest BCUT2D eigenvalue weighted by Gasteiger charge is -2.11. The molecule has 3 nitrogen and oxygen atoms in total. The Morgan fingerprint density at radius 2 is 2.29 bits per heavy atom. The Labute approximate surface area is 91.2 Å². The first kappa shape index (κ1) is 13.7. The highest BCUT2D eigenvalue weighted by Crippen LogP contribution is 2.04. The summed E-state index contributed by atoms with van der Waals surface area (Å²) in [5.74, 6) is 1.02. The van der Waals surface area contributed by atoms with Crippen molar-refractivity contribution in [3.8, 4) is 0 Å². The Morgan fingerprint density at radius 3 is 2.86 bits per heavy atom. The Kier molecular flexibility index (Phi) is 9.10. The quantitative estimate of drug-likeness (QED) is 0.386. The number of esters is 1. The summed E-state index contributed by atoms with van der Waals surface area (Å²) in [6.07, 6.45) is 1.38. The lowest BCUT2D eigenvalue weighted by atomic mass is 10.1. The van der Waals surface area contributed by atoms with Gasteiger partial charge < -0.3 is 10.1 Å². The third-order valence-electron chi connectivity index (χ3n) is 1.91. The van der Waals surface area contributed by atoms with Gasteiger partial charge in [0.1, 0.15) is 0 Å². The van der Waals surface area contributed by atoms with E-state index in [9.17, 15) is 4.79 Å². The van der Waals surface area contributed by atoms with E-state index in [2.05, 4.69) is 12.2 Å². The van der Waals surface area contributed by atoms with Crippen LogP contribution < -0.4 is 5.32 Å². The molecule has 0 aliphatic rings. The maximum atomic E-state index is 11.0. The predicted molar refractivity (Wildman–Crippen MR) is 58.6 cm³/mol. The van der Waals surface area contributed by atoms with Gasteiger partial charge in [-0.25, -0.2) is 0 Å². The fourth-order valence-corrected chi connectivity index (χ4v) is 1.25. The van der Waals surface area contributed by atoms with E-state index < -0.39 is 0 Å². The van der Waals surface area contributed by atoms with Crippen LogP contribution in [-0.2, 0) is 9.53 Å². The zero-order valence-electron chi connectivity index (χ0n) is 9.01. The van der Waals surface area contributed by atoms with Crippen molar-refractivity contribution < 1.29 is 9.53 Å². The topological polar surface area (TPSA) is 38.3 Å². The molecule has 1 N–H and O–H groups in total. The van der Waals surface area contributed by atoms with E-state index >= 15 is 0 Å². The van der Waals surface area contributed by atoms with Gasteiger partial charge in [-0.3, -0.25) is 4.79 Å². The molecule has 0 radical (unpaired) electrons. The van der Waals surface area contributed by atoms with Crippen LogP contribution in [0.5, 0.6) is 0 Å². The second-order valence-electron chi connectivity index (χ2n) is 3.34. The van der Waals surface area contributed by atoms with Gasteiger partial charge in [0.25, 0.3) is 0 Å². The number of rotatable bonds is 8. The summed E-state index contributed by atoms with van der Waals surface area (Å²) in [7, 11) is 0. The molecule has 0 rings (SSSR count). The fourth-order valence-electron chi connectivity index (χ4n) is 1.11. The minimum absolute atomic E-state index is 0.100. The van der Waals surface area contributed by atoms with Crippen LogP contribution in [0.1, 0.15) is 26.7 Å². The molecule has 1 atom stereocenters. The van der Waals surface area contributed by atoms with Crippen LogP contribution in [0.4, 0.5) is 0 Å². The third kappa shape index (κ3) is 8.32. The molecule has 0 spiro atoms. The third-order valence-corrected chi connectivity index (χ3v) is 2.10. The van der Waals surface area contributed by atoms with Gasteiger partial charge in [-0.2, -0.15) is 0 Å². The van der Waals surface area contributed by atoms with E-state index in [1.807, 2.05) is 6.92 Å². The van der Waals surface area contributed by atoms with Crippen molar-refractivity contribution >= 4 is 17.6 Å². The van der Waals surface area contributed by atoms with Gasteiger partial charge in [0.2, 0.25) is 0 Å². The smallest absolute Gasteiger partial charge is 0.305 e. The molecule has 0 aliphatic carbocycles. The van der Waals surface area contributed by atoms with E-state index in [4.69, 9.17) is 16.3 Å². The first-order valence-corrected chi connectivity index (χ1v) is 5.66. The number of hydrogen-bond acceptors (Lipinski definition) is 3. The predicted octanol–water partition coefficient (Wildman–Crippen LogP) is 1.79. The zero-order chi connectivity index (χ0) is 10.8. The molecule has 14 heavy (non-hydrogen) atoms. The molecule has 0 fully saturated rings. The molecular formula is C10H20ClNO2. The first-order chi connectivity index (χ1) is 6.70. The Bertz CT molecular complexity index is 153. The Balaban J connectivity index is 3.33. The number of alkyl halides is 1. The van der Waals surface area contributed by atoms with Crippen LogP contribution >= 0.6 is 11.6 Å². The summed E-state index contributed by atoms with van der Waals surface area (Å²) in [6.45, 7) is 6.14. The van der Waals surface area contributed by atoms with E-state index in [0.29, 0.717) is 24.8 Å². The standard InChI is InChI=1S/C10H20ClNO2/c1-3-14-10(13)5-4-9(2)8-12-7-6-11/h9,12H,3-8H2,1-2H3. The molecule has 0 heterocycles. The Hall–Kier alpha value is -0.280. The van der Waals surface area contributed by atoms with Gasteiger partial charge in [-0.05, 0) is 25.8 Å². The highest BCUT2D eigenvalue weighted by atomic mass is 35.5. The van der Waals surface area contributed by atoms with E-state index in [1.165, 1.54) is 0 Å². The molecule has 84 valence electrons. The van der Waals surface area contributed by atoms with Gasteiger partial charge in [-0.15, -0.1) is 11.6 Å². The molecule has 0 aliphatic heterocycles. The number of carbonyl (C=O) groups excluding carboxylic acids is 1. The summed E-state index contributed by atoms with van der Waals surface area (Å²) in [4.78, 5) is 11.0. The summed E-state index contributed by atoms with van der Waals surface area (Å²) in [6, 6.07) is 0. The van der Waals surface area contributed by atoms with Crippen LogP contribution in [0, 0.1) is 5.92 Å². The largest absolute Gasteiger partial charge is 0.466 e. The number of nitrogens with one attached hydrogen (secondary N) is 1. The minimum Gasteiger partial charge on any atom is -0.466 e. The average molecular weight is 222 g/mol. The normalized spacial score (nSPS) is 12.5. The molecular weight excluding hydrogens is 202 g/mol. The van der Waals surface area contributed by atoms with Crippen molar-refractivity contribution in [2.45, 2.75) is 26.7 Å². The monoisotopic (exact) mass is 221 g/mol. The van der Waals surface area contributed by atoms with Crippen molar-refractivity contribution in [1.29, 1.82) is 0 Å². The maximum absolute atomic E-state index is 11.0. The molecule has 0 aromatic heterocycles. The highest BCUT2D eigenvalue weighted by molar-refractivity contribution is 6.18. The van der Waals surface area contributed by atoms with E-state index in [1.54, 1.807) is 0 Å². The average Bonchev–Trinajstić information content (AvgIpc) is 2.16. The van der Waals surface area contributed by atoms with Crippen molar-refractivity contribution in [1.82, 2.24) is 5.32 Å². The van der Waals surface area contributed by atoms with Crippen molar-refractivity contribution in [3.05, 3.63) is 0 Å².